The first-order chi connectivity index (χ1) is 34.2. The van der Waals surface area contributed by atoms with Crippen molar-refractivity contribution in [2.24, 2.45) is 0 Å². The third-order valence-electron chi connectivity index (χ3n) is 14.3. The number of nitrogens with zero attached hydrogens (tertiary/aromatic N) is 2. The molecule has 0 N–H and O–H groups in total. The number of hydrogen-bond acceptors (Lipinski definition) is 2. The quantitative estimate of drug-likeness (QED) is 0.159. The van der Waals surface area contributed by atoms with E-state index in [1.54, 1.807) is 0 Å². The summed E-state index contributed by atoms with van der Waals surface area (Å²) in [4.78, 5) is 2.52. The Morgan fingerprint density at radius 2 is 0.884 bits per heavy atom. The fraction of sp³-hybridized carbons (Fsp3) is 0.0606. The second-order valence-corrected chi connectivity index (χ2v) is 18.2. The zero-order valence-electron chi connectivity index (χ0n) is 38.2. The second-order valence-electron chi connectivity index (χ2n) is 18.2. The van der Waals surface area contributed by atoms with Gasteiger partial charge in [0.25, 0.3) is 0 Å². The minimum atomic E-state index is 0.895. The van der Waals surface area contributed by atoms with Crippen LogP contribution < -0.4 is 4.90 Å². The van der Waals surface area contributed by atoms with E-state index in [4.69, 9.17) is 4.42 Å². The Morgan fingerprint density at radius 3 is 1.55 bits per heavy atom. The maximum absolute atomic E-state index is 6.52. The van der Waals surface area contributed by atoms with E-state index in [2.05, 4.69) is 246 Å². The Labute approximate surface area is 401 Å². The molecule has 0 radical (unpaired) electrons. The Kier molecular flexibility index (Phi) is 10.1. The monoisotopic (exact) mass is 884 g/mol. The summed E-state index contributed by atoms with van der Waals surface area (Å²) in [5.41, 5.74) is 16.5. The van der Waals surface area contributed by atoms with Gasteiger partial charge >= 0.3 is 0 Å². The molecule has 2 aromatic heterocycles. The smallest absolute Gasteiger partial charge is 0.142 e. The fourth-order valence-corrected chi connectivity index (χ4v) is 11.0. The highest BCUT2D eigenvalue weighted by Crippen LogP contribution is 2.42. The zero-order chi connectivity index (χ0) is 45.7. The van der Waals surface area contributed by atoms with Crippen molar-refractivity contribution in [3.05, 3.63) is 265 Å². The molecule has 328 valence electrons. The zero-order valence-corrected chi connectivity index (χ0v) is 38.2. The van der Waals surface area contributed by atoms with Gasteiger partial charge in [0.15, 0.2) is 0 Å². The van der Waals surface area contributed by atoms with Gasteiger partial charge in [-0.25, -0.2) is 0 Å². The van der Waals surface area contributed by atoms with Gasteiger partial charge in [0, 0.05) is 49.9 Å². The molecular weight excluding hydrogens is 837 g/mol. The van der Waals surface area contributed by atoms with Crippen molar-refractivity contribution >= 4 is 82.1 Å². The summed E-state index contributed by atoms with van der Waals surface area (Å²) in [6.45, 7) is 0. The molecule has 13 rings (SSSR count). The number of rotatable bonds is 7. The van der Waals surface area contributed by atoms with E-state index in [0.717, 1.165) is 64.6 Å². The SMILES string of the molecule is C1=C(c2ccccc2)CCC(N(C2=CC=C(c3cccc4c3oc3ccccc34)CC2)c2ccc(-n3c4ccccc4c4ccccc4c4ccccc4c4cc(-c5ccccc5)ccc43)cc2)=C1. The van der Waals surface area contributed by atoms with Crippen molar-refractivity contribution in [1.82, 2.24) is 4.57 Å². The van der Waals surface area contributed by atoms with Gasteiger partial charge in [-0.15, -0.1) is 0 Å². The molecule has 0 aliphatic heterocycles. The summed E-state index contributed by atoms with van der Waals surface area (Å²) < 4.78 is 9.00. The highest BCUT2D eigenvalue weighted by Gasteiger charge is 2.23. The topological polar surface area (TPSA) is 21.3 Å². The van der Waals surface area contributed by atoms with Crippen LogP contribution in [0, 0.1) is 0 Å². The number of furan rings is 1. The molecule has 11 aromatic rings. The van der Waals surface area contributed by atoms with Crippen LogP contribution in [-0.4, -0.2) is 4.57 Å². The Bertz CT molecular complexity index is 3990. The lowest BCUT2D eigenvalue weighted by molar-refractivity contribution is 0.667. The predicted octanol–water partition coefficient (Wildman–Crippen LogP) is 18.1. The van der Waals surface area contributed by atoms with Crippen molar-refractivity contribution < 1.29 is 4.42 Å². The summed E-state index contributed by atoms with van der Waals surface area (Å²) >= 11 is 0. The molecule has 9 aromatic carbocycles. The average molecular weight is 885 g/mol. The van der Waals surface area contributed by atoms with Crippen LogP contribution in [-0.2, 0) is 0 Å². The van der Waals surface area contributed by atoms with Crippen LogP contribution in [0.2, 0.25) is 0 Å². The van der Waals surface area contributed by atoms with Crippen molar-refractivity contribution in [1.29, 1.82) is 0 Å². The summed E-state index contributed by atoms with van der Waals surface area (Å²) in [6.07, 6.45) is 13.1. The minimum Gasteiger partial charge on any atom is -0.455 e. The number of para-hydroxylation sites is 3. The standard InChI is InChI=1S/C66H48N2O/c1-3-16-45(17-4-1)47-30-35-50(36-31-47)67(51-37-32-48(33-38-51)54-26-15-27-61-60-25-12-14-29-65(60)69-66(54)61)52-39-41-53(42-40-52)68-63-28-13-11-24-59(63)57-22-9-7-20-55(57)56-21-8-10-23-58(56)62-44-49(34-43-64(62)68)46-18-5-2-6-19-46/h1-30,32,34-35,37,39-44H,31,33,36,38H2. The van der Waals surface area contributed by atoms with Gasteiger partial charge in [0.05, 0.1) is 11.0 Å². The van der Waals surface area contributed by atoms with Crippen LogP contribution in [0.5, 0.6) is 0 Å². The molecule has 0 saturated carbocycles. The Hall–Kier alpha value is -8.66. The summed E-state index contributed by atoms with van der Waals surface area (Å²) in [5, 5.41) is 9.57. The number of benzene rings is 9. The first-order valence-electron chi connectivity index (χ1n) is 24.2. The minimum absolute atomic E-state index is 0.895. The fourth-order valence-electron chi connectivity index (χ4n) is 11.0. The molecule has 0 atom stereocenters. The van der Waals surface area contributed by atoms with E-state index in [0.29, 0.717) is 0 Å². The van der Waals surface area contributed by atoms with E-state index in [-0.39, 0.29) is 0 Å². The number of aromatic nitrogens is 1. The number of fused-ring (bicyclic) bond motifs is 10. The average Bonchev–Trinajstić information content (AvgIpc) is 3.83. The third kappa shape index (κ3) is 7.22. The van der Waals surface area contributed by atoms with Crippen LogP contribution in [0.4, 0.5) is 5.69 Å². The molecule has 0 bridgehead atoms. The molecule has 0 amide bonds. The maximum atomic E-state index is 6.52. The first-order valence-corrected chi connectivity index (χ1v) is 24.2. The first kappa shape index (κ1) is 40.6. The lowest BCUT2D eigenvalue weighted by atomic mass is 9.92. The molecule has 0 unspecified atom stereocenters. The summed E-state index contributed by atoms with van der Waals surface area (Å²) in [5.74, 6) is 0. The lowest BCUT2D eigenvalue weighted by Crippen LogP contribution is -2.24. The molecule has 0 saturated heterocycles. The summed E-state index contributed by atoms with van der Waals surface area (Å²) in [6, 6.07) is 79.5. The van der Waals surface area contributed by atoms with Gasteiger partial charge in [-0.05, 0) is 136 Å². The molecule has 0 spiro atoms. The normalized spacial score (nSPS) is 13.9. The Balaban J connectivity index is 0.998. The number of allylic oxidation sites excluding steroid dienone is 8. The van der Waals surface area contributed by atoms with Gasteiger partial charge < -0.3 is 13.9 Å². The van der Waals surface area contributed by atoms with E-state index in [1.165, 1.54) is 82.5 Å². The predicted molar refractivity (Wildman–Crippen MR) is 292 cm³/mol. The number of hydrogen-bond donors (Lipinski definition) is 0. The number of anilines is 1. The van der Waals surface area contributed by atoms with Gasteiger partial charge in [-0.1, -0.05) is 182 Å². The van der Waals surface area contributed by atoms with Crippen LogP contribution in [0.15, 0.2) is 259 Å². The molecule has 2 heterocycles. The van der Waals surface area contributed by atoms with Crippen LogP contribution >= 0.6 is 0 Å². The van der Waals surface area contributed by atoms with E-state index in [1.807, 2.05) is 6.07 Å². The highest BCUT2D eigenvalue weighted by atomic mass is 16.3. The molecule has 2 aliphatic carbocycles. The summed E-state index contributed by atoms with van der Waals surface area (Å²) in [7, 11) is 0. The third-order valence-corrected chi connectivity index (χ3v) is 14.3. The van der Waals surface area contributed by atoms with Crippen LogP contribution in [0.3, 0.4) is 0 Å². The molecule has 69 heavy (non-hydrogen) atoms. The molecular formula is C66H48N2O. The maximum Gasteiger partial charge on any atom is 0.142 e. The molecule has 3 nitrogen and oxygen atoms in total. The van der Waals surface area contributed by atoms with Gasteiger partial charge in [-0.3, -0.25) is 0 Å². The van der Waals surface area contributed by atoms with Crippen LogP contribution in [0.1, 0.15) is 36.8 Å². The Morgan fingerprint density at radius 1 is 0.348 bits per heavy atom. The van der Waals surface area contributed by atoms with E-state index in [9.17, 15) is 0 Å². The van der Waals surface area contributed by atoms with Gasteiger partial charge in [-0.2, -0.15) is 0 Å². The highest BCUT2D eigenvalue weighted by molar-refractivity contribution is 6.20. The molecule has 0 fully saturated rings. The van der Waals surface area contributed by atoms with Crippen molar-refractivity contribution in [3.8, 4) is 16.8 Å². The molecule has 2 aliphatic rings. The molecule has 3 heteroatoms. The largest absolute Gasteiger partial charge is 0.455 e. The van der Waals surface area contributed by atoms with E-state index < -0.39 is 0 Å². The van der Waals surface area contributed by atoms with Crippen molar-refractivity contribution in [2.75, 3.05) is 4.90 Å². The van der Waals surface area contributed by atoms with Gasteiger partial charge in [0.2, 0.25) is 0 Å². The van der Waals surface area contributed by atoms with Crippen LogP contribution in [0.25, 0.3) is 93.2 Å². The second kappa shape index (κ2) is 17.2. The lowest BCUT2D eigenvalue weighted by Gasteiger charge is -2.33. The van der Waals surface area contributed by atoms with Crippen molar-refractivity contribution in [3.63, 3.8) is 0 Å². The van der Waals surface area contributed by atoms with Crippen molar-refractivity contribution in [2.45, 2.75) is 25.7 Å². The van der Waals surface area contributed by atoms with Gasteiger partial charge in [0.1, 0.15) is 11.2 Å². The van der Waals surface area contributed by atoms with E-state index >= 15 is 0 Å².